The minimum atomic E-state index is -4.40. The molecule has 0 atom stereocenters. The minimum Gasteiger partial charge on any atom is -0.507 e. The molecule has 0 radical (unpaired) electrons. The third kappa shape index (κ3) is 11.8. The van der Waals surface area contributed by atoms with E-state index < -0.39 is 27.5 Å². The molecular weight excluding hydrogens is 798 g/mol. The Morgan fingerprint density at radius 2 is 0.617 bits per heavy atom. The maximum atomic E-state index is 12.3. The lowest BCUT2D eigenvalue weighted by Crippen LogP contribution is -2.17. The minimum absolute atomic E-state index is 0.0838. The van der Waals surface area contributed by atoms with Crippen molar-refractivity contribution in [2.45, 2.75) is 130 Å². The van der Waals surface area contributed by atoms with Gasteiger partial charge in [-0.05, 0) is 88.4 Å². The van der Waals surface area contributed by atoms with Crippen LogP contribution in [0.1, 0.15) is 150 Å². The van der Waals surface area contributed by atoms with Crippen molar-refractivity contribution in [1.29, 1.82) is 0 Å². The van der Waals surface area contributed by atoms with E-state index >= 15 is 0 Å². The number of phenolic OH excluding ortho intramolecular Hbond substituents is 2. The molecule has 5 rings (SSSR count). The molecule has 10 nitrogen and oxygen atoms in total. The fourth-order valence-corrected chi connectivity index (χ4v) is 8.21. The second-order valence-corrected chi connectivity index (χ2v) is 24.3. The Balaban J connectivity index is 1.93. The second kappa shape index (κ2) is 16.9. The Bertz CT molecular complexity index is 2080. The molecule has 4 aromatic carbocycles. The van der Waals surface area contributed by atoms with E-state index in [1.165, 1.54) is 0 Å². The standard InChI is InChI=1S/C48H66O10P2/c1-45(2,3)37-21-29-17-33-25-39(47(7,8)9)27-35(43(33)57-13-15-59(51,52)53)19-31-23-38(46(4,5)6)24-32(42(31)50)20-36-28-40(48(10,11)12)26-34(18-30(22-37)41(29)49)44(36)58-14-16-60(54,55)56/h21-28,49-50H,13-20H2,1-12H3,(H2,51,52,53)(H2,54,55,56). The van der Waals surface area contributed by atoms with Crippen LogP contribution >= 0.6 is 15.2 Å². The molecule has 0 unspecified atom stereocenters. The van der Waals surface area contributed by atoms with Crippen LogP contribution < -0.4 is 9.47 Å². The molecule has 12 heteroatoms. The van der Waals surface area contributed by atoms with Crippen LogP contribution in [-0.4, -0.2) is 55.3 Å². The van der Waals surface area contributed by atoms with Gasteiger partial charge in [0.05, 0.1) is 25.5 Å². The molecule has 0 amide bonds. The first-order valence-electron chi connectivity index (χ1n) is 20.7. The Labute approximate surface area is 356 Å². The Morgan fingerprint density at radius 3 is 0.800 bits per heavy atom. The molecule has 60 heavy (non-hydrogen) atoms. The van der Waals surface area contributed by atoms with Crippen LogP contribution in [0.4, 0.5) is 0 Å². The molecular formula is C48H66O10P2. The number of aromatic hydroxyl groups is 2. The summed E-state index contributed by atoms with van der Waals surface area (Å²) in [6.07, 6.45) is -0.0639. The van der Waals surface area contributed by atoms with Crippen molar-refractivity contribution in [1.82, 2.24) is 0 Å². The SMILES string of the molecule is CC(C)(C)c1cc2c(O)c(c1)Cc1cc(C(C)(C)C)cc(c1OCCP(=O)(O)O)Cc1cc(C(C)(C)C)cc(c1O)Cc1cc(C(C)(C)C)cc(c1OCCP(=O)(O)O)C2. The molecule has 6 N–H and O–H groups in total. The average Bonchev–Trinajstić information content (AvgIpc) is 3.06. The zero-order valence-corrected chi connectivity index (χ0v) is 39.3. The number of phenols is 2. The third-order valence-electron chi connectivity index (χ3n) is 11.3. The highest BCUT2D eigenvalue weighted by molar-refractivity contribution is 7.52. The van der Waals surface area contributed by atoms with Crippen LogP contribution in [0.5, 0.6) is 23.0 Å². The van der Waals surface area contributed by atoms with E-state index in [9.17, 15) is 38.9 Å². The topological polar surface area (TPSA) is 174 Å². The van der Waals surface area contributed by atoms with Gasteiger partial charge in [0.2, 0.25) is 0 Å². The molecule has 0 saturated carbocycles. The van der Waals surface area contributed by atoms with E-state index in [0.29, 0.717) is 33.8 Å². The number of hydrogen-bond donors (Lipinski definition) is 6. The lowest BCUT2D eigenvalue weighted by atomic mass is 9.79. The molecule has 0 saturated heterocycles. The molecule has 0 heterocycles. The van der Waals surface area contributed by atoms with Gasteiger partial charge in [-0.2, -0.15) is 0 Å². The highest BCUT2D eigenvalue weighted by Crippen LogP contribution is 2.44. The van der Waals surface area contributed by atoms with E-state index in [0.717, 1.165) is 44.5 Å². The second-order valence-electron chi connectivity index (χ2n) is 20.7. The maximum absolute atomic E-state index is 12.3. The predicted molar refractivity (Wildman–Crippen MR) is 240 cm³/mol. The van der Waals surface area contributed by atoms with Crippen molar-refractivity contribution in [3.05, 3.63) is 115 Å². The van der Waals surface area contributed by atoms with Crippen molar-refractivity contribution in [2.24, 2.45) is 0 Å². The van der Waals surface area contributed by atoms with Crippen LogP contribution in [0.2, 0.25) is 0 Å². The third-order valence-corrected chi connectivity index (χ3v) is 12.8. The quantitative estimate of drug-likeness (QED) is 0.0824. The lowest BCUT2D eigenvalue weighted by Gasteiger charge is -2.28. The van der Waals surface area contributed by atoms with Crippen molar-refractivity contribution in [3.8, 4) is 23.0 Å². The summed E-state index contributed by atoms with van der Waals surface area (Å²) in [7, 11) is -8.80. The van der Waals surface area contributed by atoms with Gasteiger partial charge in [0.25, 0.3) is 0 Å². The van der Waals surface area contributed by atoms with Gasteiger partial charge in [0.15, 0.2) is 0 Å². The Kier molecular flexibility index (Phi) is 13.4. The van der Waals surface area contributed by atoms with Crippen molar-refractivity contribution >= 4 is 15.2 Å². The fourth-order valence-electron chi connectivity index (χ4n) is 7.55. The first kappa shape index (κ1) is 47.4. The molecule has 0 spiro atoms. The molecule has 1 aliphatic rings. The molecule has 8 bridgehead atoms. The van der Waals surface area contributed by atoms with Gasteiger partial charge in [-0.1, -0.05) is 132 Å². The zero-order valence-electron chi connectivity index (χ0n) is 37.5. The van der Waals surface area contributed by atoms with Gasteiger partial charge in [0.1, 0.15) is 23.0 Å². The van der Waals surface area contributed by atoms with E-state index in [2.05, 4.69) is 83.1 Å². The number of ether oxygens (including phenoxy) is 2. The normalized spacial score (nSPS) is 14.3. The summed E-state index contributed by atoms with van der Waals surface area (Å²) in [5, 5.41) is 24.7. The average molecular weight is 865 g/mol. The summed E-state index contributed by atoms with van der Waals surface area (Å²) in [6, 6.07) is 16.2. The van der Waals surface area contributed by atoms with E-state index in [1.54, 1.807) is 0 Å². The van der Waals surface area contributed by atoms with Crippen molar-refractivity contribution in [2.75, 3.05) is 25.5 Å². The summed E-state index contributed by atoms with van der Waals surface area (Å²) in [6.45, 7) is 24.8. The maximum Gasteiger partial charge on any atom is 0.328 e. The largest absolute Gasteiger partial charge is 0.507 e. The smallest absolute Gasteiger partial charge is 0.328 e. The highest BCUT2D eigenvalue weighted by Gasteiger charge is 2.29. The molecule has 328 valence electrons. The first-order valence-corrected chi connectivity index (χ1v) is 24.3. The fraction of sp³-hybridized carbons (Fsp3) is 0.500. The van der Waals surface area contributed by atoms with Gasteiger partial charge >= 0.3 is 15.2 Å². The van der Waals surface area contributed by atoms with Gasteiger partial charge in [-0.3, -0.25) is 9.13 Å². The summed E-state index contributed by atoms with van der Waals surface area (Å²) >= 11 is 0. The van der Waals surface area contributed by atoms with Gasteiger partial charge in [-0.25, -0.2) is 0 Å². The van der Waals surface area contributed by atoms with Gasteiger partial charge < -0.3 is 39.3 Å². The van der Waals surface area contributed by atoms with Crippen LogP contribution in [0.3, 0.4) is 0 Å². The van der Waals surface area contributed by atoms with E-state index in [1.807, 2.05) is 48.5 Å². The van der Waals surface area contributed by atoms with Crippen molar-refractivity contribution < 1.29 is 48.4 Å². The van der Waals surface area contributed by atoms with Crippen LogP contribution in [0.25, 0.3) is 0 Å². The number of fused-ring (bicyclic) bond motifs is 8. The Morgan fingerprint density at radius 1 is 0.417 bits per heavy atom. The lowest BCUT2D eigenvalue weighted by molar-refractivity contribution is 0.310. The summed E-state index contributed by atoms with van der Waals surface area (Å²) < 4.78 is 36.9. The molecule has 0 aliphatic heterocycles. The predicted octanol–water partition coefficient (Wildman–Crippen LogP) is 10.1. The van der Waals surface area contributed by atoms with Crippen LogP contribution in [0, 0.1) is 0 Å². The molecule has 4 aromatic rings. The van der Waals surface area contributed by atoms with Gasteiger partial charge in [0, 0.05) is 25.7 Å². The van der Waals surface area contributed by atoms with Crippen LogP contribution in [-0.2, 0) is 56.5 Å². The monoisotopic (exact) mass is 864 g/mol. The van der Waals surface area contributed by atoms with Crippen LogP contribution in [0.15, 0.2) is 48.5 Å². The molecule has 0 aromatic heterocycles. The molecule has 0 fully saturated rings. The summed E-state index contributed by atoms with van der Waals surface area (Å²) in [5.74, 6) is 1.07. The number of benzene rings is 4. The van der Waals surface area contributed by atoms with Gasteiger partial charge in [-0.15, -0.1) is 0 Å². The summed E-state index contributed by atoms with van der Waals surface area (Å²) in [4.78, 5) is 39.3. The highest BCUT2D eigenvalue weighted by atomic mass is 31.2. The number of hydrogen-bond acceptors (Lipinski definition) is 6. The number of rotatable bonds is 8. The Hall–Kier alpha value is -3.62. The first-order chi connectivity index (χ1) is 27.3. The molecule has 1 aliphatic carbocycles. The summed E-state index contributed by atoms with van der Waals surface area (Å²) in [5.41, 5.74) is 8.12. The zero-order chi connectivity index (χ0) is 45.0. The van der Waals surface area contributed by atoms with E-state index in [-0.39, 0.29) is 72.1 Å². The van der Waals surface area contributed by atoms with E-state index in [4.69, 9.17) is 9.47 Å². The van der Waals surface area contributed by atoms with Crippen molar-refractivity contribution in [3.63, 3.8) is 0 Å².